The first-order valence-electron chi connectivity index (χ1n) is 9.90. The van der Waals surface area contributed by atoms with Crippen LogP contribution in [-0.2, 0) is 18.5 Å². The lowest BCUT2D eigenvalue weighted by Crippen LogP contribution is -2.29. The quantitative estimate of drug-likeness (QED) is 0.603. The molecular weight excluding hydrogens is 413 g/mol. The second-order valence-corrected chi connectivity index (χ2v) is 7.87. The summed E-state index contributed by atoms with van der Waals surface area (Å²) in [6.07, 6.45) is 3.20. The van der Waals surface area contributed by atoms with Crippen LogP contribution in [0.25, 0.3) is 11.2 Å². The van der Waals surface area contributed by atoms with Gasteiger partial charge in [0.25, 0.3) is 5.56 Å². The standard InChI is InChI=1S/C21H21F3N4OS/c22-21(23,24)16-7-4-8-25-18(16)11-28-19-17(27-14(12-30)10-26-19)9-15(20(28)29)13-5-2-1-3-6-13/h4,7-10,13,30H,1-3,5-6,11-12H2. The summed E-state index contributed by atoms with van der Waals surface area (Å²) in [5.41, 5.74) is 0.593. The van der Waals surface area contributed by atoms with Crippen LogP contribution in [-0.4, -0.2) is 19.5 Å². The third kappa shape index (κ3) is 4.08. The summed E-state index contributed by atoms with van der Waals surface area (Å²) in [7, 11) is 0. The van der Waals surface area contributed by atoms with Crippen molar-refractivity contribution >= 4 is 23.8 Å². The Morgan fingerprint density at radius 2 is 1.93 bits per heavy atom. The lowest BCUT2D eigenvalue weighted by atomic mass is 9.84. The fraction of sp³-hybridized carbons (Fsp3) is 0.429. The largest absolute Gasteiger partial charge is 0.418 e. The molecule has 3 aromatic heterocycles. The SMILES string of the molecule is O=c1c(C2CCCCC2)cc2nc(CS)cnc2n1Cc1ncccc1C(F)(F)F. The van der Waals surface area contributed by atoms with E-state index in [1.165, 1.54) is 23.0 Å². The van der Waals surface area contributed by atoms with Crippen LogP contribution in [0.15, 0.2) is 35.4 Å². The highest BCUT2D eigenvalue weighted by Gasteiger charge is 2.34. The molecule has 9 heteroatoms. The molecule has 0 radical (unpaired) electrons. The monoisotopic (exact) mass is 434 g/mol. The minimum Gasteiger partial charge on any atom is -0.285 e. The molecule has 1 saturated carbocycles. The zero-order chi connectivity index (χ0) is 21.3. The van der Waals surface area contributed by atoms with Crippen molar-refractivity contribution in [3.8, 4) is 0 Å². The van der Waals surface area contributed by atoms with Crippen molar-refractivity contribution in [2.24, 2.45) is 0 Å². The number of alkyl halides is 3. The van der Waals surface area contributed by atoms with E-state index < -0.39 is 11.7 Å². The molecule has 30 heavy (non-hydrogen) atoms. The smallest absolute Gasteiger partial charge is 0.285 e. The maximum absolute atomic E-state index is 13.5. The normalized spacial score (nSPS) is 15.6. The molecule has 4 rings (SSSR count). The first-order chi connectivity index (χ1) is 14.4. The molecule has 0 aliphatic heterocycles. The van der Waals surface area contributed by atoms with Gasteiger partial charge in [0.05, 0.1) is 29.7 Å². The summed E-state index contributed by atoms with van der Waals surface area (Å²) < 4.78 is 41.7. The van der Waals surface area contributed by atoms with Gasteiger partial charge in [0.1, 0.15) is 5.52 Å². The molecule has 0 spiro atoms. The van der Waals surface area contributed by atoms with Crippen LogP contribution in [0.3, 0.4) is 0 Å². The van der Waals surface area contributed by atoms with E-state index in [9.17, 15) is 18.0 Å². The molecule has 0 saturated heterocycles. The molecule has 158 valence electrons. The number of halogens is 3. The van der Waals surface area contributed by atoms with Crippen molar-refractivity contribution in [1.82, 2.24) is 19.5 Å². The van der Waals surface area contributed by atoms with Gasteiger partial charge in [-0.1, -0.05) is 19.3 Å². The number of thiol groups is 1. The van der Waals surface area contributed by atoms with E-state index in [-0.39, 0.29) is 29.4 Å². The Kier molecular flexibility index (Phi) is 5.81. The third-order valence-corrected chi connectivity index (χ3v) is 5.90. The molecular formula is C21H21F3N4OS. The first kappa shape index (κ1) is 20.8. The predicted octanol–water partition coefficient (Wildman–Crippen LogP) is 4.73. The minimum atomic E-state index is -4.56. The molecule has 0 amide bonds. The molecule has 1 fully saturated rings. The lowest BCUT2D eigenvalue weighted by molar-refractivity contribution is -0.138. The van der Waals surface area contributed by atoms with Crippen LogP contribution in [0.1, 0.15) is 60.5 Å². The second-order valence-electron chi connectivity index (χ2n) is 7.55. The second kappa shape index (κ2) is 8.37. The van der Waals surface area contributed by atoms with Gasteiger partial charge in [-0.3, -0.25) is 14.3 Å². The summed E-state index contributed by atoms with van der Waals surface area (Å²) in [6, 6.07) is 3.98. The van der Waals surface area contributed by atoms with Gasteiger partial charge < -0.3 is 0 Å². The fourth-order valence-corrected chi connectivity index (χ4v) is 4.25. The van der Waals surface area contributed by atoms with E-state index >= 15 is 0 Å². The van der Waals surface area contributed by atoms with E-state index in [1.807, 2.05) is 0 Å². The van der Waals surface area contributed by atoms with E-state index in [0.717, 1.165) is 38.2 Å². The highest BCUT2D eigenvalue weighted by molar-refractivity contribution is 7.79. The summed E-state index contributed by atoms with van der Waals surface area (Å²) in [6.45, 7) is -0.319. The van der Waals surface area contributed by atoms with E-state index in [1.54, 1.807) is 6.07 Å². The Bertz CT molecular complexity index is 1120. The van der Waals surface area contributed by atoms with Crippen molar-refractivity contribution in [2.45, 2.75) is 56.5 Å². The number of nitrogens with zero attached hydrogens (tertiary/aromatic N) is 4. The van der Waals surface area contributed by atoms with Gasteiger partial charge in [-0.25, -0.2) is 9.97 Å². The molecule has 0 unspecified atom stereocenters. The number of hydrogen-bond acceptors (Lipinski definition) is 5. The van der Waals surface area contributed by atoms with Gasteiger partial charge in [-0.2, -0.15) is 25.8 Å². The molecule has 3 aromatic rings. The van der Waals surface area contributed by atoms with Crippen LogP contribution >= 0.6 is 12.6 Å². The summed E-state index contributed by atoms with van der Waals surface area (Å²) in [4.78, 5) is 26.1. The van der Waals surface area contributed by atoms with Crippen LogP contribution in [0.5, 0.6) is 0 Å². The Morgan fingerprint density at radius 1 is 1.17 bits per heavy atom. The Hall–Kier alpha value is -2.42. The van der Waals surface area contributed by atoms with Crippen molar-refractivity contribution < 1.29 is 13.2 Å². The molecule has 5 nitrogen and oxygen atoms in total. The van der Waals surface area contributed by atoms with Gasteiger partial charge in [-0.15, -0.1) is 0 Å². The van der Waals surface area contributed by atoms with Crippen LogP contribution in [0.4, 0.5) is 13.2 Å². The topological polar surface area (TPSA) is 60.7 Å². The van der Waals surface area contributed by atoms with Gasteiger partial charge >= 0.3 is 6.18 Å². The number of pyridine rings is 2. The average molecular weight is 434 g/mol. The molecule has 0 atom stereocenters. The minimum absolute atomic E-state index is 0.0779. The average Bonchev–Trinajstić information content (AvgIpc) is 2.75. The maximum atomic E-state index is 13.5. The highest BCUT2D eigenvalue weighted by Crippen LogP contribution is 2.33. The van der Waals surface area contributed by atoms with Crippen molar-refractivity contribution in [3.63, 3.8) is 0 Å². The Morgan fingerprint density at radius 3 is 2.63 bits per heavy atom. The van der Waals surface area contributed by atoms with Gasteiger partial charge in [-0.05, 0) is 37.0 Å². The van der Waals surface area contributed by atoms with Crippen molar-refractivity contribution in [3.05, 3.63) is 63.5 Å². The zero-order valence-electron chi connectivity index (χ0n) is 16.2. The summed E-state index contributed by atoms with van der Waals surface area (Å²) in [5, 5.41) is 0. The number of rotatable bonds is 4. The number of aromatic nitrogens is 4. The molecule has 0 bridgehead atoms. The zero-order valence-corrected chi connectivity index (χ0v) is 17.1. The van der Waals surface area contributed by atoms with Crippen molar-refractivity contribution in [1.29, 1.82) is 0 Å². The molecule has 3 heterocycles. The fourth-order valence-electron chi connectivity index (χ4n) is 4.10. The number of fused-ring (bicyclic) bond motifs is 1. The van der Waals surface area contributed by atoms with E-state index in [2.05, 4.69) is 27.6 Å². The van der Waals surface area contributed by atoms with Gasteiger partial charge in [0, 0.05) is 17.5 Å². The summed E-state index contributed by atoms with van der Waals surface area (Å²) >= 11 is 4.23. The molecule has 0 aromatic carbocycles. The molecule has 1 aliphatic carbocycles. The van der Waals surface area contributed by atoms with Crippen LogP contribution in [0, 0.1) is 0 Å². The third-order valence-electron chi connectivity index (χ3n) is 5.58. The lowest BCUT2D eigenvalue weighted by Gasteiger charge is -2.23. The predicted molar refractivity (Wildman–Crippen MR) is 111 cm³/mol. The number of hydrogen-bond donors (Lipinski definition) is 1. The van der Waals surface area contributed by atoms with Crippen molar-refractivity contribution in [2.75, 3.05) is 0 Å². The van der Waals surface area contributed by atoms with Gasteiger partial charge in [0.2, 0.25) is 0 Å². The molecule has 0 N–H and O–H groups in total. The Balaban J connectivity index is 1.90. The maximum Gasteiger partial charge on any atom is 0.418 e. The first-order valence-corrected chi connectivity index (χ1v) is 10.5. The van der Waals surface area contributed by atoms with E-state index in [0.29, 0.717) is 22.5 Å². The van der Waals surface area contributed by atoms with E-state index in [4.69, 9.17) is 0 Å². The summed E-state index contributed by atoms with van der Waals surface area (Å²) in [5.74, 6) is 0.452. The van der Waals surface area contributed by atoms with Crippen LogP contribution < -0.4 is 5.56 Å². The van der Waals surface area contributed by atoms with Gasteiger partial charge in [0.15, 0.2) is 5.65 Å². The van der Waals surface area contributed by atoms with Crippen LogP contribution in [0.2, 0.25) is 0 Å². The Labute approximate surface area is 176 Å². The highest BCUT2D eigenvalue weighted by atomic mass is 32.1. The molecule has 1 aliphatic rings.